The molecule has 6 aromatic rings. The number of benzene rings is 4. The Kier molecular flexibility index (Phi) is 12.2. The molecule has 0 aliphatic carbocycles. The number of rotatable bonds is 9. The summed E-state index contributed by atoms with van der Waals surface area (Å²) >= 11 is 0. The SMILES string of the molecule is Nc1cc[n+](Cc2ccc(CCCCc3ccc(C[n+]4ccc(N)c5ccccc54)cc3)cc2)c2ccccc12.O.[Br-].[Br-]. The van der Waals surface area contributed by atoms with Crippen LogP contribution in [0.1, 0.15) is 35.1 Å². The first-order chi connectivity index (χ1) is 19.6. The van der Waals surface area contributed by atoms with Gasteiger partial charge in [-0.2, -0.15) is 9.13 Å². The van der Waals surface area contributed by atoms with Crippen LogP contribution in [-0.2, 0) is 25.9 Å². The molecule has 43 heavy (non-hydrogen) atoms. The van der Waals surface area contributed by atoms with Crippen molar-refractivity contribution in [2.24, 2.45) is 0 Å². The second-order valence-corrected chi connectivity index (χ2v) is 10.7. The van der Waals surface area contributed by atoms with E-state index >= 15 is 0 Å². The number of nitrogen functional groups attached to an aromatic ring is 2. The van der Waals surface area contributed by atoms with Gasteiger partial charge in [0.15, 0.2) is 25.5 Å². The minimum atomic E-state index is 0. The summed E-state index contributed by atoms with van der Waals surface area (Å²) in [5.41, 5.74) is 21.7. The Balaban J connectivity index is 0.00000169. The van der Waals surface area contributed by atoms with Crippen LogP contribution in [0, 0.1) is 0 Å². The van der Waals surface area contributed by atoms with Crippen LogP contribution in [0.3, 0.4) is 0 Å². The van der Waals surface area contributed by atoms with Crippen molar-refractivity contribution < 1.29 is 48.6 Å². The van der Waals surface area contributed by atoms with E-state index in [1.54, 1.807) is 0 Å². The van der Waals surface area contributed by atoms with Gasteiger partial charge < -0.3 is 50.9 Å². The average Bonchev–Trinajstić information content (AvgIpc) is 3.00. The number of nitrogens with two attached hydrogens (primary N) is 2. The van der Waals surface area contributed by atoms with Crippen molar-refractivity contribution in [3.63, 3.8) is 0 Å². The van der Waals surface area contributed by atoms with Gasteiger partial charge in [0, 0.05) is 35.4 Å². The third kappa shape index (κ3) is 7.99. The summed E-state index contributed by atoms with van der Waals surface area (Å²) in [5.74, 6) is 0. The lowest BCUT2D eigenvalue weighted by molar-refractivity contribution is -0.662. The minimum Gasteiger partial charge on any atom is -1.00 e. The van der Waals surface area contributed by atoms with Crippen molar-refractivity contribution in [3.05, 3.63) is 144 Å². The highest BCUT2D eigenvalue weighted by molar-refractivity contribution is 5.88. The molecule has 0 fully saturated rings. The monoisotopic (exact) mass is 700 g/mol. The summed E-state index contributed by atoms with van der Waals surface area (Å²) in [6.45, 7) is 1.67. The normalized spacial score (nSPS) is 10.5. The van der Waals surface area contributed by atoms with Crippen molar-refractivity contribution >= 4 is 33.2 Å². The number of pyridine rings is 2. The van der Waals surface area contributed by atoms with Crippen molar-refractivity contribution in [2.75, 3.05) is 11.5 Å². The number of fused-ring (bicyclic) bond motifs is 2. The first-order valence-electron chi connectivity index (χ1n) is 14.1. The van der Waals surface area contributed by atoms with E-state index in [0.717, 1.165) is 59.1 Å². The zero-order valence-electron chi connectivity index (χ0n) is 24.1. The lowest BCUT2D eigenvalue weighted by Gasteiger charge is -2.07. The molecule has 6 N–H and O–H groups in total. The van der Waals surface area contributed by atoms with Crippen LogP contribution in [0.4, 0.5) is 11.4 Å². The van der Waals surface area contributed by atoms with Crippen molar-refractivity contribution in [1.82, 2.24) is 0 Å². The second-order valence-electron chi connectivity index (χ2n) is 10.7. The molecule has 0 saturated heterocycles. The van der Waals surface area contributed by atoms with Crippen molar-refractivity contribution in [2.45, 2.75) is 38.8 Å². The zero-order valence-corrected chi connectivity index (χ0v) is 27.3. The summed E-state index contributed by atoms with van der Waals surface area (Å²) in [4.78, 5) is 0. The van der Waals surface area contributed by atoms with Crippen LogP contribution in [-0.4, -0.2) is 5.48 Å². The molecular formula is C36H38Br2N4O. The van der Waals surface area contributed by atoms with Gasteiger partial charge in [0.25, 0.3) is 0 Å². The van der Waals surface area contributed by atoms with Crippen LogP contribution in [0.25, 0.3) is 21.8 Å². The van der Waals surface area contributed by atoms with Gasteiger partial charge >= 0.3 is 0 Å². The van der Waals surface area contributed by atoms with E-state index in [9.17, 15) is 0 Å². The van der Waals surface area contributed by atoms with E-state index < -0.39 is 0 Å². The summed E-state index contributed by atoms with van der Waals surface area (Å²) in [6.07, 6.45) is 8.75. The van der Waals surface area contributed by atoms with E-state index in [-0.39, 0.29) is 39.4 Å². The van der Waals surface area contributed by atoms with Crippen molar-refractivity contribution in [1.29, 1.82) is 0 Å². The molecular weight excluding hydrogens is 664 g/mol. The quantitative estimate of drug-likeness (QED) is 0.159. The molecule has 0 amide bonds. The standard InChI is InChI=1S/C36H34N4.2BrH.H2O/c37-33-21-23-39(35-11-5-3-9-31(33)35)25-29-17-13-27(14-18-29)7-1-2-8-28-15-19-30(20-16-28)26-40-24-22-34(38)32-10-4-6-12-36(32)40;;;/h3-6,9-24,37-38H,1-2,7-8,25-26H2;2*1H;1H2. The third-order valence-electron chi connectivity index (χ3n) is 7.85. The molecule has 0 saturated carbocycles. The fourth-order valence-electron chi connectivity index (χ4n) is 5.57. The van der Waals surface area contributed by atoms with E-state index in [1.165, 1.54) is 35.1 Å². The Labute approximate surface area is 274 Å². The fourth-order valence-corrected chi connectivity index (χ4v) is 5.57. The van der Waals surface area contributed by atoms with Gasteiger partial charge in [-0.25, -0.2) is 0 Å². The van der Waals surface area contributed by atoms with E-state index in [2.05, 4.69) is 106 Å². The lowest BCUT2D eigenvalue weighted by Crippen LogP contribution is -3.00. The van der Waals surface area contributed by atoms with Gasteiger partial charge in [-0.3, -0.25) is 0 Å². The maximum absolute atomic E-state index is 6.17. The number of para-hydroxylation sites is 2. The van der Waals surface area contributed by atoms with E-state index in [1.807, 2.05) is 24.3 Å². The molecule has 0 unspecified atom stereocenters. The van der Waals surface area contributed by atoms with Gasteiger partial charge in [-0.15, -0.1) is 0 Å². The van der Waals surface area contributed by atoms with Gasteiger partial charge in [0.1, 0.15) is 0 Å². The topological polar surface area (TPSA) is 91.3 Å². The van der Waals surface area contributed by atoms with Crippen LogP contribution < -0.4 is 54.6 Å². The summed E-state index contributed by atoms with van der Waals surface area (Å²) in [7, 11) is 0. The number of aryl methyl sites for hydroxylation is 2. The van der Waals surface area contributed by atoms with Crippen LogP contribution >= 0.6 is 0 Å². The summed E-state index contributed by atoms with van der Waals surface area (Å²) < 4.78 is 4.53. The summed E-state index contributed by atoms with van der Waals surface area (Å²) in [6, 6.07) is 38.8. The Bertz CT molecular complexity index is 1640. The number of hydrogen-bond acceptors (Lipinski definition) is 2. The van der Waals surface area contributed by atoms with Crippen LogP contribution in [0.15, 0.2) is 122 Å². The highest BCUT2D eigenvalue weighted by Gasteiger charge is 2.13. The smallest absolute Gasteiger partial charge is 0.214 e. The first-order valence-corrected chi connectivity index (χ1v) is 14.1. The predicted octanol–water partition coefficient (Wildman–Crippen LogP) is -0.422. The van der Waals surface area contributed by atoms with Crippen molar-refractivity contribution in [3.8, 4) is 0 Å². The maximum Gasteiger partial charge on any atom is 0.214 e. The minimum absolute atomic E-state index is 0. The molecule has 6 rings (SSSR count). The Hall–Kier alpha value is -3.78. The van der Waals surface area contributed by atoms with Gasteiger partial charge in [-0.05, 0) is 48.9 Å². The molecule has 2 heterocycles. The van der Waals surface area contributed by atoms with E-state index in [4.69, 9.17) is 11.5 Å². The van der Waals surface area contributed by atoms with Crippen LogP contribution in [0.5, 0.6) is 0 Å². The Morgan fingerprint density at radius 3 is 1.19 bits per heavy atom. The zero-order chi connectivity index (χ0) is 27.3. The second kappa shape index (κ2) is 15.6. The Morgan fingerprint density at radius 1 is 0.442 bits per heavy atom. The molecule has 0 bridgehead atoms. The summed E-state index contributed by atoms with van der Waals surface area (Å²) in [5, 5.41) is 2.20. The molecule has 0 aliphatic heterocycles. The molecule has 2 aromatic heterocycles. The lowest BCUT2D eigenvalue weighted by atomic mass is 10.0. The molecule has 4 aromatic carbocycles. The largest absolute Gasteiger partial charge is 1.00 e. The highest BCUT2D eigenvalue weighted by atomic mass is 79.9. The molecule has 0 atom stereocenters. The van der Waals surface area contributed by atoms with Gasteiger partial charge in [0.2, 0.25) is 11.0 Å². The third-order valence-corrected chi connectivity index (χ3v) is 7.85. The average molecular weight is 703 g/mol. The fraction of sp³-hybridized carbons (Fsp3) is 0.167. The number of halogens is 2. The Morgan fingerprint density at radius 2 is 0.791 bits per heavy atom. The number of anilines is 2. The molecule has 0 aliphatic rings. The highest BCUT2D eigenvalue weighted by Crippen LogP contribution is 2.19. The molecule has 0 radical (unpaired) electrons. The first kappa shape index (κ1) is 33.7. The number of nitrogens with zero attached hydrogens (tertiary/aromatic N) is 2. The molecule has 222 valence electrons. The van der Waals surface area contributed by atoms with Crippen LogP contribution in [0.2, 0.25) is 0 Å². The predicted molar refractivity (Wildman–Crippen MR) is 168 cm³/mol. The van der Waals surface area contributed by atoms with E-state index in [0.29, 0.717) is 0 Å². The van der Waals surface area contributed by atoms with Gasteiger partial charge in [0.05, 0.1) is 22.1 Å². The maximum atomic E-state index is 6.17. The number of unbranched alkanes of at least 4 members (excludes halogenated alkanes) is 1. The molecule has 7 heteroatoms. The number of hydrogen-bond donors (Lipinski definition) is 2. The van der Waals surface area contributed by atoms with Gasteiger partial charge in [-0.1, -0.05) is 72.8 Å². The molecule has 0 spiro atoms. The number of aromatic nitrogens is 2. The molecule has 5 nitrogen and oxygen atoms in total.